The zero-order valence-corrected chi connectivity index (χ0v) is 13.6. The first-order chi connectivity index (χ1) is 11.4. The van der Waals surface area contributed by atoms with E-state index in [2.05, 4.69) is 10.3 Å². The molecule has 2 saturated heterocycles. The Morgan fingerprint density at radius 1 is 1.33 bits per heavy atom. The molecule has 3 rings (SSSR count). The molecule has 0 saturated carbocycles. The predicted octanol–water partition coefficient (Wildman–Crippen LogP) is 0.0114. The van der Waals surface area contributed by atoms with Crippen LogP contribution in [0.25, 0.3) is 0 Å². The molecule has 0 bridgehead atoms. The summed E-state index contributed by atoms with van der Waals surface area (Å²) in [4.78, 5) is 4.22. The molecule has 5 atom stereocenters. The van der Waals surface area contributed by atoms with E-state index in [1.54, 1.807) is 13.8 Å². The summed E-state index contributed by atoms with van der Waals surface area (Å²) >= 11 is 0. The Morgan fingerprint density at radius 3 is 2.67 bits per heavy atom. The highest BCUT2D eigenvalue weighted by Gasteiger charge is 2.56. The minimum absolute atomic E-state index is 0.121. The van der Waals surface area contributed by atoms with Crippen LogP contribution >= 0.6 is 0 Å². The summed E-state index contributed by atoms with van der Waals surface area (Å²) in [6, 6.07) is 8.55. The van der Waals surface area contributed by atoms with E-state index >= 15 is 0 Å². The topological polar surface area (TPSA) is 119 Å². The number of aliphatic hydroxyl groups excluding tert-OH is 2. The standard InChI is InChI=1S/C16H23N3O5/c1-16(2)23-13-11(21)12(22-14(13)24-16)10(8-20)19-15(17)18-9-6-4-3-5-7-9/h3-7,10-14,20-21H,8H2,1-2H3,(H3,17,18,19)/t10-,11+,12-,13-,14-/m1/s1. The SMILES string of the molecule is CC1(C)O[C@H]2O[C@H]([C@@H](CO)N=C(N)Nc3ccccc3)[C@H](O)[C@H]2O1. The Labute approximate surface area is 140 Å². The first kappa shape index (κ1) is 17.1. The van der Waals surface area contributed by atoms with Gasteiger partial charge in [0.25, 0.3) is 0 Å². The van der Waals surface area contributed by atoms with Crippen molar-refractivity contribution < 1.29 is 24.4 Å². The van der Waals surface area contributed by atoms with Crippen molar-refractivity contribution in [2.45, 2.75) is 50.3 Å². The first-order valence-corrected chi connectivity index (χ1v) is 7.85. The predicted molar refractivity (Wildman–Crippen MR) is 87.3 cm³/mol. The zero-order chi connectivity index (χ0) is 17.3. The van der Waals surface area contributed by atoms with Gasteiger partial charge in [0.1, 0.15) is 24.4 Å². The van der Waals surface area contributed by atoms with Gasteiger partial charge in [-0.1, -0.05) is 18.2 Å². The summed E-state index contributed by atoms with van der Waals surface area (Å²) in [5.74, 6) is -0.692. The van der Waals surface area contributed by atoms with Gasteiger partial charge in [-0.05, 0) is 26.0 Å². The number of ether oxygens (including phenoxy) is 3. The summed E-state index contributed by atoms with van der Waals surface area (Å²) in [5.41, 5.74) is 6.65. The summed E-state index contributed by atoms with van der Waals surface area (Å²) in [7, 11) is 0. The number of nitrogens with two attached hydrogens (primary N) is 1. The van der Waals surface area contributed by atoms with Gasteiger partial charge in [-0.2, -0.15) is 0 Å². The average Bonchev–Trinajstić information content (AvgIpc) is 2.99. The summed E-state index contributed by atoms with van der Waals surface area (Å²) < 4.78 is 16.9. The lowest BCUT2D eigenvalue weighted by atomic mass is 10.0. The van der Waals surface area contributed by atoms with Gasteiger partial charge in [-0.3, -0.25) is 0 Å². The van der Waals surface area contributed by atoms with Crippen molar-refractivity contribution in [2.75, 3.05) is 11.9 Å². The Balaban J connectivity index is 1.68. The van der Waals surface area contributed by atoms with E-state index in [0.717, 1.165) is 5.69 Å². The maximum Gasteiger partial charge on any atom is 0.193 e. The molecule has 24 heavy (non-hydrogen) atoms. The summed E-state index contributed by atoms with van der Waals surface area (Å²) in [6.07, 6.45) is -3.04. The number of rotatable bonds is 4. The number of fused-ring (bicyclic) bond motifs is 1. The van der Waals surface area contributed by atoms with Gasteiger partial charge in [0.15, 0.2) is 18.0 Å². The fourth-order valence-corrected chi connectivity index (χ4v) is 2.93. The van der Waals surface area contributed by atoms with Crippen molar-refractivity contribution in [2.24, 2.45) is 10.7 Å². The maximum atomic E-state index is 10.4. The van der Waals surface area contributed by atoms with Gasteiger partial charge in [0.2, 0.25) is 0 Å². The molecule has 2 heterocycles. The Kier molecular flexibility index (Phi) is 4.75. The molecule has 2 aliphatic rings. The van der Waals surface area contributed by atoms with Gasteiger partial charge in [0, 0.05) is 5.69 Å². The number of benzene rings is 1. The van der Waals surface area contributed by atoms with Crippen LogP contribution in [0.3, 0.4) is 0 Å². The van der Waals surface area contributed by atoms with Gasteiger partial charge in [-0.25, -0.2) is 4.99 Å². The molecule has 8 nitrogen and oxygen atoms in total. The second-order valence-electron chi connectivity index (χ2n) is 6.32. The quantitative estimate of drug-likeness (QED) is 0.451. The number of nitrogens with one attached hydrogen (secondary N) is 1. The van der Waals surface area contributed by atoms with E-state index in [1.165, 1.54) is 0 Å². The van der Waals surface area contributed by atoms with Crippen molar-refractivity contribution in [1.29, 1.82) is 0 Å². The molecule has 0 radical (unpaired) electrons. The lowest BCUT2D eigenvalue weighted by Crippen LogP contribution is -2.43. The van der Waals surface area contributed by atoms with Gasteiger partial charge >= 0.3 is 0 Å². The van der Waals surface area contributed by atoms with Crippen molar-refractivity contribution >= 4 is 11.6 Å². The normalized spacial score (nSPS) is 33.2. The highest BCUT2D eigenvalue weighted by Crippen LogP contribution is 2.38. The van der Waals surface area contributed by atoms with E-state index in [0.29, 0.717) is 0 Å². The molecule has 132 valence electrons. The molecule has 0 amide bonds. The fourth-order valence-electron chi connectivity index (χ4n) is 2.93. The van der Waals surface area contributed by atoms with Crippen molar-refractivity contribution in [3.63, 3.8) is 0 Å². The summed E-state index contributed by atoms with van der Waals surface area (Å²) in [6.45, 7) is 3.17. The van der Waals surface area contributed by atoms with Crippen LogP contribution < -0.4 is 11.1 Å². The van der Waals surface area contributed by atoms with Gasteiger partial charge in [0.05, 0.1) is 6.61 Å². The molecule has 2 aliphatic heterocycles. The smallest absolute Gasteiger partial charge is 0.193 e. The maximum absolute atomic E-state index is 10.4. The third-order valence-corrected chi connectivity index (χ3v) is 3.97. The van der Waals surface area contributed by atoms with Crippen molar-refractivity contribution in [3.8, 4) is 0 Å². The Hall–Kier alpha value is -1.71. The number of hydrogen-bond donors (Lipinski definition) is 4. The second kappa shape index (κ2) is 6.66. The third kappa shape index (κ3) is 3.52. The van der Waals surface area contributed by atoms with E-state index in [4.69, 9.17) is 19.9 Å². The number of aliphatic hydroxyl groups is 2. The Morgan fingerprint density at radius 2 is 2.04 bits per heavy atom. The average molecular weight is 337 g/mol. The molecular weight excluding hydrogens is 314 g/mol. The van der Waals surface area contributed by atoms with Crippen LogP contribution in [0.1, 0.15) is 13.8 Å². The largest absolute Gasteiger partial charge is 0.394 e. The van der Waals surface area contributed by atoms with E-state index in [-0.39, 0.29) is 12.6 Å². The molecule has 0 aliphatic carbocycles. The van der Waals surface area contributed by atoms with Crippen LogP contribution in [0.15, 0.2) is 35.3 Å². The lowest BCUT2D eigenvalue weighted by Gasteiger charge is -2.26. The number of para-hydroxylation sites is 1. The first-order valence-electron chi connectivity index (χ1n) is 7.85. The monoisotopic (exact) mass is 337 g/mol. The van der Waals surface area contributed by atoms with E-state index < -0.39 is 36.4 Å². The number of anilines is 1. The molecule has 5 N–H and O–H groups in total. The van der Waals surface area contributed by atoms with Crippen LogP contribution in [-0.2, 0) is 14.2 Å². The van der Waals surface area contributed by atoms with E-state index in [1.807, 2.05) is 30.3 Å². The van der Waals surface area contributed by atoms with Crippen LogP contribution in [0, 0.1) is 0 Å². The minimum Gasteiger partial charge on any atom is -0.394 e. The number of nitrogens with zero attached hydrogens (tertiary/aromatic N) is 1. The molecule has 1 aromatic carbocycles. The molecule has 2 fully saturated rings. The number of aliphatic imine (C=N–C) groups is 1. The Bertz CT molecular complexity index is 595. The molecule has 0 aromatic heterocycles. The molecule has 0 unspecified atom stereocenters. The third-order valence-electron chi connectivity index (χ3n) is 3.97. The van der Waals surface area contributed by atoms with Gasteiger partial charge in [-0.15, -0.1) is 0 Å². The highest BCUT2D eigenvalue weighted by molar-refractivity contribution is 5.92. The zero-order valence-electron chi connectivity index (χ0n) is 13.6. The van der Waals surface area contributed by atoms with Crippen molar-refractivity contribution in [1.82, 2.24) is 0 Å². The van der Waals surface area contributed by atoms with Crippen LogP contribution in [0.5, 0.6) is 0 Å². The second-order valence-corrected chi connectivity index (χ2v) is 6.32. The van der Waals surface area contributed by atoms with Gasteiger partial charge < -0.3 is 35.5 Å². The molecule has 1 aromatic rings. The number of guanidine groups is 1. The molecule has 0 spiro atoms. The molecular formula is C16H23N3O5. The van der Waals surface area contributed by atoms with Crippen LogP contribution in [0.2, 0.25) is 0 Å². The summed E-state index contributed by atoms with van der Waals surface area (Å²) in [5, 5.41) is 23.0. The molecule has 8 heteroatoms. The highest BCUT2D eigenvalue weighted by atomic mass is 16.8. The minimum atomic E-state index is -0.970. The van der Waals surface area contributed by atoms with Crippen LogP contribution in [0.4, 0.5) is 5.69 Å². The lowest BCUT2D eigenvalue weighted by molar-refractivity contribution is -0.217. The fraction of sp³-hybridized carbons (Fsp3) is 0.562. The van der Waals surface area contributed by atoms with Crippen LogP contribution in [-0.4, -0.2) is 59.2 Å². The number of hydrogen-bond acceptors (Lipinski definition) is 6. The van der Waals surface area contributed by atoms with Crippen molar-refractivity contribution in [3.05, 3.63) is 30.3 Å². The van der Waals surface area contributed by atoms with E-state index in [9.17, 15) is 10.2 Å².